The Morgan fingerprint density at radius 1 is 1.17 bits per heavy atom. The summed E-state index contributed by atoms with van der Waals surface area (Å²) in [4.78, 5) is 42.5. The van der Waals surface area contributed by atoms with Crippen molar-refractivity contribution in [1.82, 2.24) is 15.2 Å². The second-order valence-corrected chi connectivity index (χ2v) is 7.60. The van der Waals surface area contributed by atoms with Gasteiger partial charge in [-0.15, -0.1) is 0 Å². The number of pyridine rings is 1. The highest BCUT2D eigenvalue weighted by Gasteiger charge is 2.31. The van der Waals surface area contributed by atoms with Crippen LogP contribution in [0.15, 0.2) is 54.9 Å². The molecule has 3 rings (SSSR count). The molecule has 7 heteroatoms. The topological polar surface area (TPSA) is 99.6 Å². The Bertz CT molecular complexity index is 857. The SMILES string of the molecule is O=C(O)CC(NC(=O)CC1CCCN(CCc2ccncc2)C1=O)c1ccccc1. The van der Waals surface area contributed by atoms with Gasteiger partial charge in [-0.1, -0.05) is 30.3 Å². The van der Waals surface area contributed by atoms with E-state index in [1.165, 1.54) is 0 Å². The number of piperidine rings is 1. The van der Waals surface area contributed by atoms with Crippen molar-refractivity contribution >= 4 is 17.8 Å². The van der Waals surface area contributed by atoms with E-state index >= 15 is 0 Å². The van der Waals surface area contributed by atoms with Crippen molar-refractivity contribution in [3.05, 3.63) is 66.0 Å². The molecule has 0 spiro atoms. The molecule has 1 saturated heterocycles. The second kappa shape index (κ2) is 10.5. The zero-order valence-corrected chi connectivity index (χ0v) is 16.9. The number of carboxylic acids is 1. The van der Waals surface area contributed by atoms with Gasteiger partial charge >= 0.3 is 5.97 Å². The van der Waals surface area contributed by atoms with E-state index in [0.29, 0.717) is 19.5 Å². The third-order valence-electron chi connectivity index (χ3n) is 5.41. The second-order valence-electron chi connectivity index (χ2n) is 7.60. The van der Waals surface area contributed by atoms with E-state index < -0.39 is 12.0 Å². The summed E-state index contributed by atoms with van der Waals surface area (Å²) in [5.74, 6) is -1.64. The van der Waals surface area contributed by atoms with Crippen molar-refractivity contribution in [3.8, 4) is 0 Å². The van der Waals surface area contributed by atoms with Crippen LogP contribution < -0.4 is 5.32 Å². The number of likely N-dealkylation sites (tertiary alicyclic amines) is 1. The summed E-state index contributed by atoms with van der Waals surface area (Å²) in [5.41, 5.74) is 1.86. The molecule has 0 bridgehead atoms. The molecule has 2 N–H and O–H groups in total. The summed E-state index contributed by atoms with van der Waals surface area (Å²) >= 11 is 0. The molecular weight excluding hydrogens is 382 g/mol. The van der Waals surface area contributed by atoms with E-state index in [1.807, 2.05) is 35.2 Å². The molecule has 2 aromatic rings. The number of carbonyl (C=O) groups excluding carboxylic acids is 2. The number of aliphatic carboxylic acids is 1. The van der Waals surface area contributed by atoms with Crippen molar-refractivity contribution in [3.63, 3.8) is 0 Å². The molecule has 2 amide bonds. The zero-order valence-electron chi connectivity index (χ0n) is 16.9. The molecule has 1 aliphatic rings. The van der Waals surface area contributed by atoms with Crippen LogP contribution in [0.3, 0.4) is 0 Å². The summed E-state index contributed by atoms with van der Waals surface area (Å²) in [6.07, 6.45) is 5.63. The molecule has 1 aliphatic heterocycles. The van der Waals surface area contributed by atoms with Gasteiger partial charge in [-0.05, 0) is 42.5 Å². The van der Waals surface area contributed by atoms with Gasteiger partial charge in [0.1, 0.15) is 0 Å². The smallest absolute Gasteiger partial charge is 0.305 e. The fourth-order valence-corrected chi connectivity index (χ4v) is 3.83. The van der Waals surface area contributed by atoms with Crippen LogP contribution in [0, 0.1) is 5.92 Å². The third kappa shape index (κ3) is 6.14. The van der Waals surface area contributed by atoms with E-state index in [4.69, 9.17) is 0 Å². The van der Waals surface area contributed by atoms with Crippen LogP contribution in [0.1, 0.15) is 42.9 Å². The van der Waals surface area contributed by atoms with Crippen molar-refractivity contribution < 1.29 is 19.5 Å². The Kier molecular flexibility index (Phi) is 7.54. The van der Waals surface area contributed by atoms with Crippen LogP contribution in [-0.2, 0) is 20.8 Å². The van der Waals surface area contributed by atoms with Crippen LogP contribution in [-0.4, -0.2) is 45.9 Å². The first kappa shape index (κ1) is 21.5. The molecule has 158 valence electrons. The first-order chi connectivity index (χ1) is 14.5. The summed E-state index contributed by atoms with van der Waals surface area (Å²) in [7, 11) is 0. The molecule has 7 nitrogen and oxygen atoms in total. The summed E-state index contributed by atoms with van der Waals surface area (Å²) in [6, 6.07) is 12.3. The average molecular weight is 409 g/mol. The van der Waals surface area contributed by atoms with Crippen LogP contribution in [0.4, 0.5) is 0 Å². The Hall–Kier alpha value is -3.22. The minimum Gasteiger partial charge on any atom is -0.481 e. The first-order valence-electron chi connectivity index (χ1n) is 10.3. The maximum Gasteiger partial charge on any atom is 0.305 e. The Morgan fingerprint density at radius 2 is 1.90 bits per heavy atom. The molecule has 0 saturated carbocycles. The zero-order chi connectivity index (χ0) is 21.3. The van der Waals surface area contributed by atoms with Gasteiger partial charge in [0, 0.05) is 37.8 Å². The standard InChI is InChI=1S/C23H27N3O4/c27-21(25-20(16-22(28)29)18-5-2-1-3-6-18)15-19-7-4-13-26(23(19)30)14-10-17-8-11-24-12-9-17/h1-3,5-6,8-9,11-12,19-20H,4,7,10,13-16H2,(H,25,27)(H,28,29). The first-order valence-corrected chi connectivity index (χ1v) is 10.3. The number of nitrogens with one attached hydrogen (secondary N) is 1. The minimum absolute atomic E-state index is 0.0000446. The number of rotatable bonds is 9. The molecule has 0 aliphatic carbocycles. The Labute approximate surface area is 176 Å². The van der Waals surface area contributed by atoms with E-state index in [-0.39, 0.29) is 30.6 Å². The number of nitrogens with zero attached hydrogens (tertiary/aromatic N) is 2. The highest BCUT2D eigenvalue weighted by Crippen LogP contribution is 2.23. The van der Waals surface area contributed by atoms with Crippen LogP contribution in [0.2, 0.25) is 0 Å². The normalized spacial score (nSPS) is 17.4. The van der Waals surface area contributed by atoms with Crippen molar-refractivity contribution in [2.24, 2.45) is 5.92 Å². The van der Waals surface area contributed by atoms with Crippen LogP contribution in [0.25, 0.3) is 0 Å². The van der Waals surface area contributed by atoms with Gasteiger partial charge in [-0.25, -0.2) is 0 Å². The third-order valence-corrected chi connectivity index (χ3v) is 5.41. The number of carbonyl (C=O) groups is 3. The van der Waals surface area contributed by atoms with Gasteiger partial charge in [0.25, 0.3) is 0 Å². The van der Waals surface area contributed by atoms with Crippen LogP contribution in [0.5, 0.6) is 0 Å². The lowest BCUT2D eigenvalue weighted by Crippen LogP contribution is -2.44. The molecule has 30 heavy (non-hydrogen) atoms. The maximum absolute atomic E-state index is 12.9. The lowest BCUT2D eigenvalue weighted by molar-refractivity contribution is -0.142. The molecule has 2 unspecified atom stereocenters. The average Bonchev–Trinajstić information content (AvgIpc) is 2.75. The highest BCUT2D eigenvalue weighted by molar-refractivity contribution is 5.86. The predicted octanol–water partition coefficient (Wildman–Crippen LogP) is 2.58. The van der Waals surface area contributed by atoms with Gasteiger partial charge in [-0.2, -0.15) is 0 Å². The Balaban J connectivity index is 1.56. The monoisotopic (exact) mass is 409 g/mol. The number of hydrogen-bond acceptors (Lipinski definition) is 4. The number of benzene rings is 1. The van der Waals surface area contributed by atoms with E-state index in [2.05, 4.69) is 10.3 Å². The van der Waals surface area contributed by atoms with Gasteiger partial charge in [0.2, 0.25) is 11.8 Å². The Morgan fingerprint density at radius 3 is 2.60 bits per heavy atom. The molecule has 1 fully saturated rings. The van der Waals surface area contributed by atoms with Gasteiger partial charge in [0.15, 0.2) is 0 Å². The van der Waals surface area contributed by atoms with Crippen molar-refractivity contribution in [1.29, 1.82) is 0 Å². The minimum atomic E-state index is -0.986. The molecule has 2 atom stereocenters. The molecule has 2 heterocycles. The van der Waals surface area contributed by atoms with Gasteiger partial charge in [-0.3, -0.25) is 19.4 Å². The quantitative estimate of drug-likeness (QED) is 0.663. The number of aromatic nitrogens is 1. The van der Waals surface area contributed by atoms with Crippen LogP contribution >= 0.6 is 0 Å². The largest absolute Gasteiger partial charge is 0.481 e. The van der Waals surface area contributed by atoms with Gasteiger partial charge in [0.05, 0.1) is 12.5 Å². The molecular formula is C23H27N3O4. The lowest BCUT2D eigenvalue weighted by Gasteiger charge is -2.32. The molecule has 0 radical (unpaired) electrons. The number of amides is 2. The maximum atomic E-state index is 12.9. The fourth-order valence-electron chi connectivity index (χ4n) is 3.83. The molecule has 1 aromatic carbocycles. The lowest BCUT2D eigenvalue weighted by atomic mass is 9.92. The van der Waals surface area contributed by atoms with Crippen molar-refractivity contribution in [2.75, 3.05) is 13.1 Å². The van der Waals surface area contributed by atoms with E-state index in [1.54, 1.807) is 24.5 Å². The van der Waals surface area contributed by atoms with Gasteiger partial charge < -0.3 is 15.3 Å². The highest BCUT2D eigenvalue weighted by atomic mass is 16.4. The van der Waals surface area contributed by atoms with Crippen molar-refractivity contribution in [2.45, 2.75) is 38.1 Å². The molecule has 1 aromatic heterocycles. The number of hydrogen-bond donors (Lipinski definition) is 2. The van der Waals surface area contributed by atoms with E-state index in [0.717, 1.165) is 24.0 Å². The predicted molar refractivity (Wildman–Crippen MR) is 111 cm³/mol. The number of carboxylic acid groups (broad SMARTS) is 1. The van der Waals surface area contributed by atoms with E-state index in [9.17, 15) is 19.5 Å². The fraction of sp³-hybridized carbons (Fsp3) is 0.391. The summed E-state index contributed by atoms with van der Waals surface area (Å²) in [5, 5.41) is 12.0. The summed E-state index contributed by atoms with van der Waals surface area (Å²) in [6.45, 7) is 1.32. The summed E-state index contributed by atoms with van der Waals surface area (Å²) < 4.78 is 0.